The first-order valence-electron chi connectivity index (χ1n) is 5.94. The first-order valence-corrected chi connectivity index (χ1v) is 6.32. The van der Waals surface area contributed by atoms with Crippen LogP contribution in [0, 0.1) is 5.41 Å². The Bertz CT molecular complexity index is 561. The Morgan fingerprint density at radius 2 is 2.24 bits per heavy atom. The zero-order chi connectivity index (χ0) is 12.0. The largest absolute Gasteiger partial charge is 0.269 e. The lowest BCUT2D eigenvalue weighted by atomic mass is 9.81. The molecule has 0 saturated heterocycles. The van der Waals surface area contributed by atoms with Gasteiger partial charge in [0.15, 0.2) is 5.65 Å². The highest BCUT2D eigenvalue weighted by atomic mass is 35.5. The molecule has 0 spiro atoms. The quantitative estimate of drug-likeness (QED) is 0.731. The molecule has 3 rings (SSSR count). The van der Waals surface area contributed by atoms with Crippen molar-refractivity contribution < 1.29 is 0 Å². The number of aromatic nitrogens is 4. The lowest BCUT2D eigenvalue weighted by Gasteiger charge is -2.25. The molecule has 1 unspecified atom stereocenters. The van der Waals surface area contributed by atoms with Crippen LogP contribution < -0.4 is 0 Å². The zero-order valence-electron chi connectivity index (χ0n) is 10.0. The Morgan fingerprint density at radius 1 is 1.41 bits per heavy atom. The van der Waals surface area contributed by atoms with Crippen LogP contribution in [-0.2, 0) is 0 Å². The summed E-state index contributed by atoms with van der Waals surface area (Å²) >= 11 is 5.85. The van der Waals surface area contributed by atoms with Gasteiger partial charge in [0.05, 0.1) is 0 Å². The molecule has 4 nitrogen and oxygen atoms in total. The molecule has 2 aromatic rings. The standard InChI is InChI=1S/C12H15ClN4/c1-12(2)5-3-4-8(12)11-16-15-10-6-9(13)14-7-17(10)11/h6-8H,3-5H2,1-2H3. The van der Waals surface area contributed by atoms with E-state index in [-0.39, 0.29) is 0 Å². The van der Waals surface area contributed by atoms with E-state index in [0.29, 0.717) is 16.5 Å². The molecule has 90 valence electrons. The third-order valence-corrected chi connectivity index (χ3v) is 4.07. The predicted octanol–water partition coefficient (Wildman–Crippen LogP) is 3.07. The van der Waals surface area contributed by atoms with Crippen LogP contribution in [-0.4, -0.2) is 19.6 Å². The number of halogens is 1. The zero-order valence-corrected chi connectivity index (χ0v) is 10.8. The Kier molecular flexibility index (Phi) is 2.36. The highest BCUT2D eigenvalue weighted by molar-refractivity contribution is 6.29. The van der Waals surface area contributed by atoms with Gasteiger partial charge < -0.3 is 0 Å². The molecule has 2 heterocycles. The molecular formula is C12H15ClN4. The van der Waals surface area contributed by atoms with Gasteiger partial charge in [0.1, 0.15) is 17.3 Å². The molecule has 17 heavy (non-hydrogen) atoms. The normalized spacial score (nSPS) is 23.4. The molecule has 0 amide bonds. The molecule has 5 heteroatoms. The molecule has 1 fully saturated rings. The van der Waals surface area contributed by atoms with Crippen molar-refractivity contribution in [2.45, 2.75) is 39.0 Å². The smallest absolute Gasteiger partial charge is 0.165 e. The van der Waals surface area contributed by atoms with Crippen LogP contribution in [0.5, 0.6) is 0 Å². The molecular weight excluding hydrogens is 236 g/mol. The van der Waals surface area contributed by atoms with E-state index in [1.165, 1.54) is 19.3 Å². The minimum Gasteiger partial charge on any atom is -0.269 e. The van der Waals surface area contributed by atoms with Crippen molar-refractivity contribution in [2.24, 2.45) is 5.41 Å². The fraction of sp³-hybridized carbons (Fsp3) is 0.583. The van der Waals surface area contributed by atoms with Crippen LogP contribution in [0.25, 0.3) is 5.65 Å². The van der Waals surface area contributed by atoms with Gasteiger partial charge in [-0.2, -0.15) is 0 Å². The fourth-order valence-electron chi connectivity index (χ4n) is 2.83. The summed E-state index contributed by atoms with van der Waals surface area (Å²) in [6.07, 6.45) is 5.40. The lowest BCUT2D eigenvalue weighted by Crippen LogP contribution is -2.18. The Balaban J connectivity index is 2.12. The van der Waals surface area contributed by atoms with Gasteiger partial charge >= 0.3 is 0 Å². The molecule has 0 aromatic carbocycles. The van der Waals surface area contributed by atoms with Gasteiger partial charge in [-0.05, 0) is 18.3 Å². The highest BCUT2D eigenvalue weighted by Crippen LogP contribution is 2.48. The molecule has 0 N–H and O–H groups in total. The van der Waals surface area contributed by atoms with Gasteiger partial charge in [0.25, 0.3) is 0 Å². The summed E-state index contributed by atoms with van der Waals surface area (Å²) in [5.74, 6) is 1.48. The summed E-state index contributed by atoms with van der Waals surface area (Å²) in [4.78, 5) is 4.11. The van der Waals surface area contributed by atoms with Gasteiger partial charge in [-0.1, -0.05) is 31.9 Å². The van der Waals surface area contributed by atoms with E-state index in [1.54, 1.807) is 12.4 Å². The maximum absolute atomic E-state index is 5.85. The second-order valence-corrected chi connectivity index (χ2v) is 5.82. The van der Waals surface area contributed by atoms with E-state index in [9.17, 15) is 0 Å². The van der Waals surface area contributed by atoms with Crippen molar-refractivity contribution in [3.63, 3.8) is 0 Å². The Labute approximate surface area is 105 Å². The van der Waals surface area contributed by atoms with Crippen molar-refractivity contribution >= 4 is 17.2 Å². The molecule has 2 aromatic heterocycles. The Hall–Kier alpha value is -1.16. The SMILES string of the molecule is CC1(C)CCCC1c1nnc2cc(Cl)ncn12. The molecule has 1 aliphatic carbocycles. The Morgan fingerprint density at radius 3 is 2.94 bits per heavy atom. The van der Waals surface area contributed by atoms with E-state index in [4.69, 9.17) is 11.6 Å². The molecule has 1 atom stereocenters. The number of fused-ring (bicyclic) bond motifs is 1. The minimum atomic E-state index is 0.294. The summed E-state index contributed by atoms with van der Waals surface area (Å²) in [7, 11) is 0. The van der Waals surface area contributed by atoms with E-state index < -0.39 is 0 Å². The number of hydrogen-bond donors (Lipinski definition) is 0. The van der Waals surface area contributed by atoms with Crippen LogP contribution in [0.2, 0.25) is 5.15 Å². The summed E-state index contributed by atoms with van der Waals surface area (Å²) in [5.41, 5.74) is 1.07. The van der Waals surface area contributed by atoms with Crippen LogP contribution in [0.4, 0.5) is 0 Å². The minimum absolute atomic E-state index is 0.294. The number of rotatable bonds is 1. The average Bonchev–Trinajstić information content (AvgIpc) is 2.80. The second kappa shape index (κ2) is 3.67. The maximum atomic E-state index is 5.85. The molecule has 0 bridgehead atoms. The second-order valence-electron chi connectivity index (χ2n) is 5.43. The summed E-state index contributed by atoms with van der Waals surface area (Å²) in [6, 6.07) is 1.75. The van der Waals surface area contributed by atoms with Crippen LogP contribution in [0.1, 0.15) is 44.9 Å². The van der Waals surface area contributed by atoms with E-state index >= 15 is 0 Å². The van der Waals surface area contributed by atoms with Gasteiger partial charge in [-0.15, -0.1) is 10.2 Å². The first kappa shape index (κ1) is 11.0. The van der Waals surface area contributed by atoms with Gasteiger partial charge in [-0.3, -0.25) is 4.40 Å². The van der Waals surface area contributed by atoms with Gasteiger partial charge in [-0.25, -0.2) is 4.98 Å². The predicted molar refractivity (Wildman–Crippen MR) is 66.2 cm³/mol. The molecule has 0 aliphatic heterocycles. The van der Waals surface area contributed by atoms with E-state index in [1.807, 2.05) is 4.40 Å². The van der Waals surface area contributed by atoms with E-state index in [0.717, 1.165) is 11.5 Å². The van der Waals surface area contributed by atoms with Gasteiger partial charge in [0, 0.05) is 12.0 Å². The van der Waals surface area contributed by atoms with Crippen molar-refractivity contribution in [1.29, 1.82) is 0 Å². The third kappa shape index (κ3) is 1.71. The molecule has 1 saturated carbocycles. The lowest BCUT2D eigenvalue weighted by molar-refractivity contribution is 0.320. The summed E-state index contributed by atoms with van der Waals surface area (Å²) in [5, 5.41) is 8.97. The monoisotopic (exact) mass is 250 g/mol. The molecule has 1 aliphatic rings. The third-order valence-electron chi connectivity index (χ3n) is 3.86. The van der Waals surface area contributed by atoms with Crippen molar-refractivity contribution in [3.05, 3.63) is 23.4 Å². The van der Waals surface area contributed by atoms with Crippen LogP contribution in [0.3, 0.4) is 0 Å². The summed E-state index contributed by atoms with van der Waals surface area (Å²) < 4.78 is 1.96. The molecule has 0 radical (unpaired) electrons. The number of hydrogen-bond acceptors (Lipinski definition) is 3. The van der Waals surface area contributed by atoms with Crippen LogP contribution in [0.15, 0.2) is 12.4 Å². The van der Waals surface area contributed by atoms with Gasteiger partial charge in [0.2, 0.25) is 0 Å². The topological polar surface area (TPSA) is 43.1 Å². The fourth-order valence-corrected chi connectivity index (χ4v) is 2.97. The summed E-state index contributed by atoms with van der Waals surface area (Å²) in [6.45, 7) is 4.60. The van der Waals surface area contributed by atoms with Crippen molar-refractivity contribution in [1.82, 2.24) is 19.6 Å². The highest BCUT2D eigenvalue weighted by Gasteiger charge is 2.38. The van der Waals surface area contributed by atoms with Crippen molar-refractivity contribution in [2.75, 3.05) is 0 Å². The van der Waals surface area contributed by atoms with Crippen LogP contribution >= 0.6 is 11.6 Å². The maximum Gasteiger partial charge on any atom is 0.165 e. The van der Waals surface area contributed by atoms with E-state index in [2.05, 4.69) is 29.0 Å². The number of nitrogens with zero attached hydrogens (tertiary/aromatic N) is 4. The first-order chi connectivity index (χ1) is 8.08. The van der Waals surface area contributed by atoms with Crippen molar-refractivity contribution in [3.8, 4) is 0 Å². The average molecular weight is 251 g/mol.